The molecule has 3 N–H and O–H groups in total. The van der Waals surface area contributed by atoms with Crippen LogP contribution in [0.3, 0.4) is 0 Å². The van der Waals surface area contributed by atoms with Crippen LogP contribution in [0.5, 0.6) is 5.75 Å². The van der Waals surface area contributed by atoms with E-state index in [-0.39, 0.29) is 11.5 Å². The predicted octanol–water partition coefficient (Wildman–Crippen LogP) is 9.31. The van der Waals surface area contributed by atoms with Gasteiger partial charge in [0.2, 0.25) is 0 Å². The highest BCUT2D eigenvalue weighted by Gasteiger charge is 2.20. The van der Waals surface area contributed by atoms with Crippen LogP contribution in [0.15, 0.2) is 81.0 Å². The number of fused-ring (bicyclic) bond motifs is 2. The second kappa shape index (κ2) is 18.2. The number of rotatable bonds is 5. The van der Waals surface area contributed by atoms with Gasteiger partial charge in [0.1, 0.15) is 22.7 Å². The number of allylic oxidation sites excluding steroid dienone is 2. The Morgan fingerprint density at radius 2 is 1.62 bits per heavy atom. The second-order valence-electron chi connectivity index (χ2n) is 7.42. The van der Waals surface area contributed by atoms with Crippen molar-refractivity contribution in [2.24, 2.45) is 0 Å². The molecule has 3 aromatic heterocycles. The Morgan fingerprint density at radius 1 is 0.950 bits per heavy atom. The summed E-state index contributed by atoms with van der Waals surface area (Å²) in [7, 11) is 1.00. The highest BCUT2D eigenvalue weighted by molar-refractivity contribution is 7.14. The van der Waals surface area contributed by atoms with E-state index in [0.717, 1.165) is 24.3 Å². The minimum atomic E-state index is -0.442. The summed E-state index contributed by atoms with van der Waals surface area (Å²) in [4.78, 5) is 25.0. The molecule has 0 radical (unpaired) electrons. The number of amides is 1. The van der Waals surface area contributed by atoms with Crippen LogP contribution in [0.25, 0.3) is 32.6 Å². The zero-order valence-electron chi connectivity index (χ0n) is 24.1. The highest BCUT2D eigenvalue weighted by atomic mass is 32.1. The van der Waals surface area contributed by atoms with Crippen LogP contribution < -0.4 is 5.32 Å². The lowest BCUT2D eigenvalue weighted by molar-refractivity contribution is 0.0998. The van der Waals surface area contributed by atoms with E-state index < -0.39 is 5.91 Å². The van der Waals surface area contributed by atoms with Crippen molar-refractivity contribution in [2.45, 2.75) is 48.0 Å². The summed E-state index contributed by atoms with van der Waals surface area (Å²) in [5, 5.41) is 22.6. The first-order valence-electron chi connectivity index (χ1n) is 13.2. The Kier molecular flexibility index (Phi) is 15.4. The number of aliphatic hydroxyl groups is 1. The maximum atomic E-state index is 12.6. The van der Waals surface area contributed by atoms with Gasteiger partial charge in [0.15, 0.2) is 12.0 Å². The number of phenolic OH excluding ortho intramolecular Hbond substituents is 1. The van der Waals surface area contributed by atoms with Gasteiger partial charge in [-0.2, -0.15) is 0 Å². The average molecular weight is 566 g/mol. The summed E-state index contributed by atoms with van der Waals surface area (Å²) in [6.07, 6.45) is 6.03. The van der Waals surface area contributed by atoms with Crippen LogP contribution >= 0.6 is 11.3 Å². The van der Waals surface area contributed by atoms with Crippen molar-refractivity contribution >= 4 is 51.2 Å². The first-order valence-corrected chi connectivity index (χ1v) is 14.1. The van der Waals surface area contributed by atoms with Crippen LogP contribution in [-0.2, 0) is 0 Å². The lowest BCUT2D eigenvalue weighted by Gasteiger charge is -2.02. The summed E-state index contributed by atoms with van der Waals surface area (Å²) in [6.45, 7) is 12.2. The number of nitrogens with one attached hydrogen (secondary N) is 1. The molecule has 0 saturated carbocycles. The SMILES string of the molecule is C/C=C\CC.CC.CC.CO.O=Cc1c(NC(=O)c2cc3ccccc3o2)csc1-c1cc2cc(O)ccc2o1. The molecule has 0 aliphatic heterocycles. The number of furan rings is 2. The van der Waals surface area contributed by atoms with Crippen molar-refractivity contribution in [3.05, 3.63) is 83.5 Å². The predicted molar refractivity (Wildman–Crippen MR) is 167 cm³/mol. The fraction of sp³-hybridized carbons (Fsp3) is 0.250. The molecule has 0 spiro atoms. The van der Waals surface area contributed by atoms with Crippen molar-refractivity contribution in [1.82, 2.24) is 0 Å². The lowest BCUT2D eigenvalue weighted by Crippen LogP contribution is -2.11. The normalized spacial score (nSPS) is 9.80. The molecular formula is C32H39NO6S. The molecule has 0 saturated heterocycles. The molecule has 0 unspecified atom stereocenters. The van der Waals surface area contributed by atoms with Crippen molar-refractivity contribution in [3.8, 4) is 16.4 Å². The Bertz CT molecular complexity index is 1460. The molecular weight excluding hydrogens is 526 g/mol. The van der Waals surface area contributed by atoms with Gasteiger partial charge in [-0.15, -0.1) is 11.3 Å². The fourth-order valence-electron chi connectivity index (χ4n) is 3.43. The van der Waals surface area contributed by atoms with Crippen LogP contribution in [0, 0.1) is 0 Å². The number of thiophene rings is 1. The van der Waals surface area contributed by atoms with Gasteiger partial charge in [-0.05, 0) is 49.7 Å². The van der Waals surface area contributed by atoms with Crippen LogP contribution in [0.4, 0.5) is 5.69 Å². The first-order chi connectivity index (χ1) is 19.5. The zero-order chi connectivity index (χ0) is 30.1. The molecule has 0 bridgehead atoms. The Hall–Kier alpha value is -4.14. The maximum absolute atomic E-state index is 12.6. The smallest absolute Gasteiger partial charge is 0.291 e. The number of para-hydroxylation sites is 1. The van der Waals surface area contributed by atoms with Crippen LogP contribution in [0.1, 0.15) is 68.9 Å². The summed E-state index contributed by atoms with van der Waals surface area (Å²) in [6, 6.07) is 15.5. The molecule has 5 aromatic rings. The number of carbonyl (C=O) groups excluding carboxylic acids is 2. The Labute approximate surface area is 239 Å². The molecule has 214 valence electrons. The Balaban J connectivity index is 0.000000639. The highest BCUT2D eigenvalue weighted by Crippen LogP contribution is 2.38. The van der Waals surface area contributed by atoms with Crippen molar-refractivity contribution in [2.75, 3.05) is 12.4 Å². The van der Waals surface area contributed by atoms with Gasteiger partial charge in [0.05, 0.1) is 16.1 Å². The van der Waals surface area contributed by atoms with Crippen molar-refractivity contribution in [1.29, 1.82) is 0 Å². The van der Waals surface area contributed by atoms with Gasteiger partial charge in [-0.1, -0.05) is 65.0 Å². The molecule has 0 aliphatic rings. The standard InChI is InChI=1S/C22H13NO5S.C5H10.2C2H6.CH4O/c24-10-15-16(23-22(26)20-8-12-3-1-2-4-17(12)28-20)11-29-21(15)19-9-13-7-14(25)5-6-18(13)27-19;1-3-5-4-2;3*1-2/h1-11,25H,(H,23,26);3,5H,4H2,1-2H3;2*1-2H3;2H,1H3/b;5-3-;;;. The summed E-state index contributed by atoms with van der Waals surface area (Å²) in [5.41, 5.74) is 1.91. The number of carbonyl (C=O) groups is 2. The number of hydrogen-bond donors (Lipinski definition) is 3. The molecule has 0 atom stereocenters. The quantitative estimate of drug-likeness (QED) is 0.145. The number of phenols is 1. The molecule has 0 fully saturated rings. The van der Waals surface area contributed by atoms with Crippen molar-refractivity contribution in [3.63, 3.8) is 0 Å². The van der Waals surface area contributed by atoms with Crippen LogP contribution in [-0.4, -0.2) is 29.5 Å². The van der Waals surface area contributed by atoms with Crippen LogP contribution in [0.2, 0.25) is 0 Å². The molecule has 40 heavy (non-hydrogen) atoms. The lowest BCUT2D eigenvalue weighted by atomic mass is 10.2. The summed E-state index contributed by atoms with van der Waals surface area (Å²) in [5.74, 6) is 0.338. The summed E-state index contributed by atoms with van der Waals surface area (Å²) >= 11 is 1.28. The number of aromatic hydroxyl groups is 1. The molecule has 0 aliphatic carbocycles. The second-order valence-corrected chi connectivity index (χ2v) is 8.30. The van der Waals surface area contributed by atoms with Gasteiger partial charge in [-0.25, -0.2) is 0 Å². The van der Waals surface area contributed by atoms with E-state index >= 15 is 0 Å². The van der Waals surface area contributed by atoms with E-state index in [0.29, 0.717) is 39.3 Å². The maximum Gasteiger partial charge on any atom is 0.291 e. The van der Waals surface area contributed by atoms with E-state index in [9.17, 15) is 14.7 Å². The average Bonchev–Trinajstić information content (AvgIpc) is 3.73. The molecule has 5 rings (SSSR count). The number of aldehydes is 1. The third kappa shape index (κ3) is 8.69. The van der Waals surface area contributed by atoms with Gasteiger partial charge in [0.25, 0.3) is 5.91 Å². The monoisotopic (exact) mass is 565 g/mol. The van der Waals surface area contributed by atoms with Gasteiger partial charge in [0, 0.05) is 23.3 Å². The van der Waals surface area contributed by atoms with E-state index in [1.54, 1.807) is 35.7 Å². The van der Waals surface area contributed by atoms with E-state index in [1.807, 2.05) is 52.8 Å². The third-order valence-electron chi connectivity index (χ3n) is 5.04. The minimum absolute atomic E-state index is 0.130. The summed E-state index contributed by atoms with van der Waals surface area (Å²) < 4.78 is 11.4. The van der Waals surface area contributed by atoms with E-state index in [4.69, 9.17) is 13.9 Å². The minimum Gasteiger partial charge on any atom is -0.508 e. The molecule has 1 amide bonds. The molecule has 2 aromatic carbocycles. The molecule has 3 heterocycles. The van der Waals surface area contributed by atoms with Gasteiger partial charge < -0.3 is 24.4 Å². The molecule has 8 heteroatoms. The first kappa shape index (κ1) is 33.9. The zero-order valence-corrected chi connectivity index (χ0v) is 25.0. The number of aliphatic hydroxyl groups excluding tert-OH is 1. The van der Waals surface area contributed by atoms with Gasteiger partial charge >= 0.3 is 0 Å². The van der Waals surface area contributed by atoms with E-state index in [2.05, 4.69) is 24.4 Å². The largest absolute Gasteiger partial charge is 0.508 e. The van der Waals surface area contributed by atoms with E-state index in [1.165, 1.54) is 17.4 Å². The third-order valence-corrected chi connectivity index (χ3v) is 6.05. The number of hydrogen-bond acceptors (Lipinski definition) is 7. The number of benzene rings is 2. The Morgan fingerprint density at radius 3 is 2.23 bits per heavy atom. The molecule has 7 nitrogen and oxygen atoms in total. The van der Waals surface area contributed by atoms with Gasteiger partial charge in [-0.3, -0.25) is 9.59 Å². The van der Waals surface area contributed by atoms with Crippen molar-refractivity contribution < 1.29 is 28.6 Å². The fourth-order valence-corrected chi connectivity index (χ4v) is 4.35. The number of anilines is 1. The topological polar surface area (TPSA) is 113 Å².